The number of carbonyl (C=O) groups excluding carboxylic acids is 2. The highest BCUT2D eigenvalue weighted by Crippen LogP contribution is 2.42. The van der Waals surface area contributed by atoms with Crippen molar-refractivity contribution in [2.24, 2.45) is 0 Å². The van der Waals surface area contributed by atoms with E-state index in [0.717, 1.165) is 30.3 Å². The molecule has 0 saturated heterocycles. The Balaban J connectivity index is 1.54. The van der Waals surface area contributed by atoms with Crippen LogP contribution >= 0.6 is 11.6 Å². The number of nitrogens with zero attached hydrogens (tertiary/aromatic N) is 4. The average Bonchev–Trinajstić information content (AvgIpc) is 3.51. The van der Waals surface area contributed by atoms with Gasteiger partial charge in [-0.2, -0.15) is 5.10 Å². The van der Waals surface area contributed by atoms with Crippen molar-refractivity contribution in [3.8, 4) is 11.3 Å². The molecule has 5 aromatic rings. The minimum absolute atomic E-state index is 0.0227. The highest BCUT2D eigenvalue weighted by Gasteiger charge is 2.36. The summed E-state index contributed by atoms with van der Waals surface area (Å²) in [6.07, 6.45) is 1.36. The van der Waals surface area contributed by atoms with Crippen LogP contribution < -0.4 is 10.6 Å². The van der Waals surface area contributed by atoms with Gasteiger partial charge in [-0.1, -0.05) is 17.7 Å². The second-order valence-corrected chi connectivity index (χ2v) is 9.35. The molecule has 0 bridgehead atoms. The van der Waals surface area contributed by atoms with Gasteiger partial charge >= 0.3 is 0 Å². The molecule has 0 unspecified atom stereocenters. The number of halogens is 5. The van der Waals surface area contributed by atoms with E-state index in [9.17, 15) is 27.2 Å². The fraction of sp³-hybridized carbons (Fsp3) is 0.0741. The Morgan fingerprint density at radius 3 is 2.65 bits per heavy atom. The number of nitrogens with one attached hydrogen (secondary N) is 2. The molecule has 0 aliphatic carbocycles. The summed E-state index contributed by atoms with van der Waals surface area (Å²) in [4.78, 5) is 34.7. The number of fused-ring (bicyclic) bond motifs is 2. The largest absolute Gasteiger partial charge is 0.341 e. The van der Waals surface area contributed by atoms with E-state index in [1.165, 1.54) is 35.2 Å². The van der Waals surface area contributed by atoms with Crippen LogP contribution in [0.3, 0.4) is 0 Å². The predicted molar refractivity (Wildman–Crippen MR) is 136 cm³/mol. The second-order valence-electron chi connectivity index (χ2n) is 8.91. The summed E-state index contributed by atoms with van der Waals surface area (Å²) in [5.41, 5.74) is 0.583. The molecule has 1 atom stereocenters. The molecule has 40 heavy (non-hydrogen) atoms. The number of carbonyl (C=O) groups is 2. The minimum atomic E-state index is -2.97. The number of benzene rings is 3. The lowest BCUT2D eigenvalue weighted by atomic mass is 9.91. The first-order valence-corrected chi connectivity index (χ1v) is 12.1. The third-order valence-electron chi connectivity index (χ3n) is 6.42. The highest BCUT2D eigenvalue weighted by atomic mass is 35.5. The van der Waals surface area contributed by atoms with Gasteiger partial charge in [0.15, 0.2) is 5.65 Å². The van der Waals surface area contributed by atoms with Crippen LogP contribution in [0.5, 0.6) is 0 Å². The zero-order chi connectivity index (χ0) is 28.1. The van der Waals surface area contributed by atoms with Gasteiger partial charge in [0.05, 0.1) is 24.1 Å². The van der Waals surface area contributed by atoms with Crippen LogP contribution in [-0.2, 0) is 0 Å². The molecule has 3 heterocycles. The molecule has 3 aromatic carbocycles. The summed E-state index contributed by atoms with van der Waals surface area (Å²) in [5.74, 6) is -2.97. The van der Waals surface area contributed by atoms with Gasteiger partial charge < -0.3 is 10.6 Å². The molecule has 0 radical (unpaired) electrons. The standard InChI is InChI=1S/C27H15ClF4N6O2/c28-14-3-13(4-16(30)7-14)26(39)36-20-6-12(21-10-38-22(9-33-21)34-11-35-38)5-19-23(20)24(37-27(19)40)18-8-15(29)1-2-17(18)25(31)32/h1-11,24-25H,(H,36,39)(H,37,40)/t24-/m1/s1. The Hall–Kier alpha value is -4.84. The van der Waals surface area contributed by atoms with Crippen molar-refractivity contribution in [3.63, 3.8) is 0 Å². The van der Waals surface area contributed by atoms with Crippen molar-refractivity contribution in [3.05, 3.63) is 112 Å². The Morgan fingerprint density at radius 1 is 1.05 bits per heavy atom. The van der Waals surface area contributed by atoms with Crippen molar-refractivity contribution in [2.45, 2.75) is 12.5 Å². The molecule has 2 amide bonds. The number of anilines is 1. The summed E-state index contributed by atoms with van der Waals surface area (Å²) < 4.78 is 57.5. The first-order valence-electron chi connectivity index (χ1n) is 11.7. The van der Waals surface area contributed by atoms with Gasteiger partial charge in [0.1, 0.15) is 18.0 Å². The fourth-order valence-corrected chi connectivity index (χ4v) is 4.89. The summed E-state index contributed by atoms with van der Waals surface area (Å²) in [6.45, 7) is 0. The average molecular weight is 567 g/mol. The van der Waals surface area contributed by atoms with E-state index in [0.29, 0.717) is 16.9 Å². The smallest absolute Gasteiger partial charge is 0.264 e. The maximum Gasteiger partial charge on any atom is 0.264 e. The summed E-state index contributed by atoms with van der Waals surface area (Å²) in [6, 6.07) is 7.72. The maximum atomic E-state index is 14.2. The van der Waals surface area contributed by atoms with Crippen LogP contribution in [0, 0.1) is 11.6 Å². The van der Waals surface area contributed by atoms with E-state index in [2.05, 4.69) is 25.7 Å². The van der Waals surface area contributed by atoms with E-state index in [-0.39, 0.29) is 33.0 Å². The summed E-state index contributed by atoms with van der Waals surface area (Å²) >= 11 is 5.92. The number of aromatic nitrogens is 4. The number of amides is 2. The van der Waals surface area contributed by atoms with E-state index < -0.39 is 41.5 Å². The minimum Gasteiger partial charge on any atom is -0.341 e. The maximum absolute atomic E-state index is 14.2. The van der Waals surface area contributed by atoms with Crippen LogP contribution in [0.1, 0.15) is 49.9 Å². The van der Waals surface area contributed by atoms with Gasteiger partial charge in [-0.05, 0) is 48.0 Å². The molecule has 2 N–H and O–H groups in total. The Kier molecular flexibility index (Phi) is 6.18. The van der Waals surface area contributed by atoms with Gasteiger partial charge in [-0.25, -0.2) is 27.1 Å². The lowest BCUT2D eigenvalue weighted by Crippen LogP contribution is -2.22. The quantitative estimate of drug-likeness (QED) is 0.264. The zero-order valence-electron chi connectivity index (χ0n) is 20.0. The molecule has 6 rings (SSSR count). The van der Waals surface area contributed by atoms with E-state index >= 15 is 0 Å². The van der Waals surface area contributed by atoms with E-state index in [1.54, 1.807) is 6.20 Å². The molecule has 1 aliphatic heterocycles. The summed E-state index contributed by atoms with van der Waals surface area (Å²) in [5, 5.41) is 9.30. The van der Waals surface area contributed by atoms with Crippen molar-refractivity contribution >= 4 is 34.7 Å². The van der Waals surface area contributed by atoms with Crippen molar-refractivity contribution in [1.29, 1.82) is 0 Å². The SMILES string of the molecule is O=C(Nc1cc(-c2cn3ncnc3cn2)cc2c1[C@@H](c1cc(F)ccc1C(F)F)NC2=O)c1cc(F)cc(Cl)c1. The molecular formula is C27H15ClF4N6O2. The van der Waals surface area contributed by atoms with Crippen molar-refractivity contribution in [1.82, 2.24) is 24.9 Å². The van der Waals surface area contributed by atoms with Gasteiger partial charge in [-0.15, -0.1) is 0 Å². The number of hydrogen-bond acceptors (Lipinski definition) is 5. The molecule has 2 aromatic heterocycles. The normalized spacial score (nSPS) is 14.4. The molecular weight excluding hydrogens is 552 g/mol. The lowest BCUT2D eigenvalue weighted by molar-refractivity contribution is 0.0958. The highest BCUT2D eigenvalue weighted by molar-refractivity contribution is 6.31. The van der Waals surface area contributed by atoms with Gasteiger partial charge in [0.25, 0.3) is 18.2 Å². The molecule has 1 aliphatic rings. The molecule has 8 nitrogen and oxygen atoms in total. The number of alkyl halides is 2. The van der Waals surface area contributed by atoms with E-state index in [4.69, 9.17) is 11.6 Å². The van der Waals surface area contributed by atoms with Crippen LogP contribution in [0.2, 0.25) is 5.02 Å². The lowest BCUT2D eigenvalue weighted by Gasteiger charge is -2.20. The Morgan fingerprint density at radius 2 is 1.88 bits per heavy atom. The summed E-state index contributed by atoms with van der Waals surface area (Å²) in [7, 11) is 0. The van der Waals surface area contributed by atoms with Crippen LogP contribution in [0.4, 0.5) is 23.2 Å². The molecule has 0 spiro atoms. The third kappa shape index (κ3) is 4.51. The number of hydrogen-bond donors (Lipinski definition) is 2. The van der Waals surface area contributed by atoms with Crippen LogP contribution in [0.25, 0.3) is 16.9 Å². The molecule has 0 fully saturated rings. The van der Waals surface area contributed by atoms with E-state index in [1.807, 2.05) is 0 Å². The predicted octanol–water partition coefficient (Wildman–Crippen LogP) is 5.75. The Bertz CT molecular complexity index is 1820. The van der Waals surface area contributed by atoms with Crippen LogP contribution in [-0.4, -0.2) is 31.4 Å². The first-order chi connectivity index (χ1) is 19.2. The molecule has 0 saturated carbocycles. The molecule has 200 valence electrons. The van der Waals surface area contributed by atoms with Crippen LogP contribution in [0.15, 0.2) is 67.3 Å². The second kappa shape index (κ2) is 9.72. The number of rotatable bonds is 5. The zero-order valence-corrected chi connectivity index (χ0v) is 20.8. The third-order valence-corrected chi connectivity index (χ3v) is 6.64. The first kappa shape index (κ1) is 25.4. The monoisotopic (exact) mass is 566 g/mol. The Labute approximate surface area is 227 Å². The van der Waals surface area contributed by atoms with Crippen molar-refractivity contribution in [2.75, 3.05) is 5.32 Å². The van der Waals surface area contributed by atoms with Gasteiger partial charge in [0, 0.05) is 38.5 Å². The molecule has 13 heteroatoms. The van der Waals surface area contributed by atoms with Gasteiger partial charge in [-0.3, -0.25) is 14.6 Å². The van der Waals surface area contributed by atoms with Gasteiger partial charge in [0.2, 0.25) is 0 Å². The fourth-order valence-electron chi connectivity index (χ4n) is 4.67. The van der Waals surface area contributed by atoms with Crippen molar-refractivity contribution < 1.29 is 27.2 Å². The topological polar surface area (TPSA) is 101 Å².